The molecule has 120 valence electrons. The van der Waals surface area contributed by atoms with Gasteiger partial charge in [-0.1, -0.05) is 12.1 Å². The molecule has 1 amide bonds. The monoisotopic (exact) mass is 333 g/mol. The van der Waals surface area contributed by atoms with Crippen LogP contribution in [0.25, 0.3) is 0 Å². The third-order valence-corrected chi connectivity index (χ3v) is 3.53. The van der Waals surface area contributed by atoms with Gasteiger partial charge in [0.1, 0.15) is 5.75 Å². The summed E-state index contributed by atoms with van der Waals surface area (Å²) in [4.78, 5) is 23.0. The van der Waals surface area contributed by atoms with Crippen LogP contribution in [0.4, 0.5) is 0 Å². The first-order chi connectivity index (χ1) is 11.1. The van der Waals surface area contributed by atoms with Crippen molar-refractivity contribution in [3.63, 3.8) is 0 Å². The van der Waals surface area contributed by atoms with Crippen molar-refractivity contribution in [2.45, 2.75) is 6.92 Å². The van der Waals surface area contributed by atoms with Gasteiger partial charge in [0, 0.05) is 6.08 Å². The van der Waals surface area contributed by atoms with Crippen molar-refractivity contribution in [1.29, 1.82) is 0 Å². The Labute approximate surface area is 137 Å². The molecular formula is C15H15N3O4S. The zero-order chi connectivity index (χ0) is 16.7. The van der Waals surface area contributed by atoms with Crippen LogP contribution >= 0.6 is 11.8 Å². The Kier molecular flexibility index (Phi) is 5.93. The molecule has 0 aromatic heterocycles. The number of nitrogens with zero attached hydrogens (tertiary/aromatic N) is 2. The number of nitrogens with one attached hydrogen (secondary N) is 1. The van der Waals surface area contributed by atoms with Crippen molar-refractivity contribution in [3.8, 4) is 5.75 Å². The molecule has 0 radical (unpaired) electrons. The van der Waals surface area contributed by atoms with Gasteiger partial charge in [-0.2, -0.15) is 5.10 Å². The minimum atomic E-state index is -0.597. The fourth-order valence-electron chi connectivity index (χ4n) is 1.64. The highest BCUT2D eigenvalue weighted by Gasteiger charge is 2.24. The molecular weight excluding hydrogens is 318 g/mol. The quantitative estimate of drug-likeness (QED) is 0.383. The predicted octanol–water partition coefficient (Wildman–Crippen LogP) is 1.70. The van der Waals surface area contributed by atoms with Crippen molar-refractivity contribution in [3.05, 3.63) is 40.8 Å². The lowest BCUT2D eigenvalue weighted by molar-refractivity contribution is -0.135. The molecule has 0 aliphatic carbocycles. The number of hydrogen-bond acceptors (Lipinski definition) is 7. The fraction of sp³-hybridized carbons (Fsp3) is 0.200. The highest BCUT2D eigenvalue weighted by atomic mass is 32.2. The van der Waals surface area contributed by atoms with Crippen LogP contribution in [-0.2, 0) is 14.3 Å². The Morgan fingerprint density at radius 1 is 1.43 bits per heavy atom. The van der Waals surface area contributed by atoms with Crippen LogP contribution in [0.3, 0.4) is 0 Å². The van der Waals surface area contributed by atoms with E-state index in [1.165, 1.54) is 7.11 Å². The molecule has 1 N–H and O–H groups in total. The Hall–Kier alpha value is -2.61. The molecule has 0 bridgehead atoms. The van der Waals surface area contributed by atoms with Crippen LogP contribution in [0.1, 0.15) is 12.5 Å². The maximum absolute atomic E-state index is 11.6. The zero-order valence-electron chi connectivity index (χ0n) is 12.6. The second kappa shape index (κ2) is 8.14. The molecule has 1 aliphatic rings. The van der Waals surface area contributed by atoms with Gasteiger partial charge in [0.15, 0.2) is 5.17 Å². The van der Waals surface area contributed by atoms with Gasteiger partial charge < -0.3 is 9.47 Å². The normalized spacial score (nSPS) is 17.7. The molecule has 8 heteroatoms. The van der Waals surface area contributed by atoms with Gasteiger partial charge in [-0.05, 0) is 36.4 Å². The van der Waals surface area contributed by atoms with E-state index in [1.54, 1.807) is 6.21 Å². The fourth-order valence-corrected chi connectivity index (χ4v) is 2.38. The van der Waals surface area contributed by atoms with Gasteiger partial charge in [0.2, 0.25) is 0 Å². The summed E-state index contributed by atoms with van der Waals surface area (Å²) in [7, 11) is 1.24. The zero-order valence-corrected chi connectivity index (χ0v) is 13.4. The van der Waals surface area contributed by atoms with E-state index < -0.39 is 11.9 Å². The van der Waals surface area contributed by atoms with Gasteiger partial charge in [-0.15, -0.1) is 5.10 Å². The Morgan fingerprint density at radius 2 is 2.26 bits per heavy atom. The molecule has 0 unspecified atom stereocenters. The molecule has 1 heterocycles. The number of ether oxygens (including phenoxy) is 2. The van der Waals surface area contributed by atoms with Gasteiger partial charge in [0.25, 0.3) is 5.91 Å². The molecule has 0 spiro atoms. The maximum Gasteiger partial charge on any atom is 0.331 e. The molecule has 7 nitrogen and oxygen atoms in total. The van der Waals surface area contributed by atoms with Gasteiger partial charge in [0.05, 0.1) is 24.8 Å². The summed E-state index contributed by atoms with van der Waals surface area (Å²) < 4.78 is 9.87. The van der Waals surface area contributed by atoms with E-state index in [0.29, 0.717) is 11.8 Å². The van der Waals surface area contributed by atoms with Crippen molar-refractivity contribution in [2.24, 2.45) is 10.2 Å². The SMILES string of the molecule is CCOc1cccc(C=N/N=C2/NC(=O)/C(=C\C(=O)OC)S2)c1. The minimum absolute atomic E-state index is 0.212. The summed E-state index contributed by atoms with van der Waals surface area (Å²) in [5.41, 5.74) is 0.819. The summed E-state index contributed by atoms with van der Waals surface area (Å²) in [6.07, 6.45) is 2.65. The first-order valence-corrected chi connectivity index (χ1v) is 7.56. The maximum atomic E-state index is 11.6. The van der Waals surface area contributed by atoms with E-state index in [4.69, 9.17) is 4.74 Å². The number of thioether (sulfide) groups is 1. The predicted molar refractivity (Wildman–Crippen MR) is 88.5 cm³/mol. The molecule has 1 fully saturated rings. The summed E-state index contributed by atoms with van der Waals surface area (Å²) in [6.45, 7) is 2.49. The van der Waals surface area contributed by atoms with Gasteiger partial charge >= 0.3 is 5.97 Å². The molecule has 1 aliphatic heterocycles. The first-order valence-electron chi connectivity index (χ1n) is 6.75. The van der Waals surface area contributed by atoms with Crippen LogP contribution in [0.5, 0.6) is 5.75 Å². The summed E-state index contributed by atoms with van der Waals surface area (Å²) in [5.74, 6) is -0.260. The molecule has 0 saturated carbocycles. The van der Waals surface area contributed by atoms with Crippen molar-refractivity contribution in [2.75, 3.05) is 13.7 Å². The number of carbonyl (C=O) groups is 2. The summed E-state index contributed by atoms with van der Waals surface area (Å²) in [6, 6.07) is 7.39. The van der Waals surface area contributed by atoms with E-state index in [0.717, 1.165) is 29.2 Å². The first kappa shape index (κ1) is 16.8. The number of hydrogen-bond donors (Lipinski definition) is 1. The highest BCUT2D eigenvalue weighted by molar-refractivity contribution is 8.18. The van der Waals surface area contributed by atoms with E-state index in [-0.39, 0.29) is 4.91 Å². The van der Waals surface area contributed by atoms with Crippen LogP contribution in [0.15, 0.2) is 45.4 Å². The lowest BCUT2D eigenvalue weighted by Gasteiger charge is -2.02. The van der Waals surface area contributed by atoms with Gasteiger partial charge in [-0.3, -0.25) is 10.1 Å². The smallest absolute Gasteiger partial charge is 0.331 e. The van der Waals surface area contributed by atoms with Crippen LogP contribution in [-0.4, -0.2) is 37.0 Å². The second-order valence-electron chi connectivity index (χ2n) is 4.24. The highest BCUT2D eigenvalue weighted by Crippen LogP contribution is 2.23. The van der Waals surface area contributed by atoms with E-state index in [2.05, 4.69) is 20.3 Å². The number of methoxy groups -OCH3 is 1. The third kappa shape index (κ3) is 4.96. The number of esters is 1. The molecule has 1 aromatic carbocycles. The summed E-state index contributed by atoms with van der Waals surface area (Å²) in [5, 5.41) is 10.6. The molecule has 0 atom stereocenters. The standard InChI is InChI=1S/C15H15N3O4S/c1-3-22-11-6-4-5-10(7-11)9-16-18-15-17-14(20)12(23-15)8-13(19)21-2/h4-9H,3H2,1-2H3,(H,17,18,20)/b12-8+,16-9?. The topological polar surface area (TPSA) is 89.4 Å². The lowest BCUT2D eigenvalue weighted by Crippen LogP contribution is -2.19. The van der Waals surface area contributed by atoms with Crippen LogP contribution in [0, 0.1) is 0 Å². The Bertz CT molecular complexity index is 698. The third-order valence-electron chi connectivity index (χ3n) is 2.63. The number of amidine groups is 1. The minimum Gasteiger partial charge on any atom is -0.494 e. The lowest BCUT2D eigenvalue weighted by atomic mass is 10.2. The number of benzene rings is 1. The Morgan fingerprint density at radius 3 is 3.00 bits per heavy atom. The average Bonchev–Trinajstić information content (AvgIpc) is 2.88. The summed E-state index contributed by atoms with van der Waals surface area (Å²) >= 11 is 1.02. The number of amides is 1. The molecule has 2 rings (SSSR count). The largest absolute Gasteiger partial charge is 0.494 e. The molecule has 23 heavy (non-hydrogen) atoms. The van der Waals surface area contributed by atoms with Crippen molar-refractivity contribution in [1.82, 2.24) is 5.32 Å². The van der Waals surface area contributed by atoms with Crippen LogP contribution in [0.2, 0.25) is 0 Å². The number of rotatable bonds is 5. The molecule has 1 saturated heterocycles. The molecule has 1 aromatic rings. The van der Waals surface area contributed by atoms with Crippen molar-refractivity contribution >= 4 is 35.0 Å². The Balaban J connectivity index is 2.03. The second-order valence-corrected chi connectivity index (χ2v) is 5.27. The van der Waals surface area contributed by atoms with E-state index in [1.807, 2.05) is 31.2 Å². The van der Waals surface area contributed by atoms with Crippen molar-refractivity contribution < 1.29 is 19.1 Å². The number of carbonyl (C=O) groups excluding carboxylic acids is 2. The van der Waals surface area contributed by atoms with E-state index >= 15 is 0 Å². The van der Waals surface area contributed by atoms with E-state index in [9.17, 15) is 9.59 Å². The average molecular weight is 333 g/mol. The van der Waals surface area contributed by atoms with Gasteiger partial charge in [-0.25, -0.2) is 4.79 Å². The van der Waals surface area contributed by atoms with Crippen LogP contribution < -0.4 is 10.1 Å².